The number of hydrogen-bond donors (Lipinski definition) is 0. The Morgan fingerprint density at radius 2 is 1.07 bits per heavy atom. The van der Waals surface area contributed by atoms with Crippen LogP contribution in [-0.4, -0.2) is 23.7 Å². The quantitative estimate of drug-likeness (QED) is 0.429. The summed E-state index contributed by atoms with van der Waals surface area (Å²) in [7, 11) is 0. The van der Waals surface area contributed by atoms with Crippen molar-refractivity contribution in [2.75, 3.05) is 0 Å². The van der Waals surface area contributed by atoms with Gasteiger partial charge in [0.15, 0.2) is 4.33 Å². The highest BCUT2D eigenvalue weighted by atomic mass is 79.9. The Morgan fingerprint density at radius 3 is 1.27 bits per heavy atom. The monoisotopic (exact) mass is 454 g/mol. The van der Waals surface area contributed by atoms with Crippen LogP contribution in [0.25, 0.3) is 0 Å². The average molecular weight is 459 g/mol. The minimum Gasteiger partial charge on any atom is -0.108 e. The summed E-state index contributed by atoms with van der Waals surface area (Å²) in [6, 6.07) is 0. The van der Waals surface area contributed by atoms with Gasteiger partial charge in [-0.05, 0) is 0 Å². The van der Waals surface area contributed by atoms with E-state index >= 15 is 0 Å². The van der Waals surface area contributed by atoms with Crippen LogP contribution in [0.15, 0.2) is 10.1 Å². The maximum absolute atomic E-state index is 6.37. The van der Waals surface area contributed by atoms with Crippen LogP contribution < -0.4 is 0 Å². The molecule has 86 valence electrons. The number of fused-ring (bicyclic) bond motifs is 2. The molecule has 4 atom stereocenters. The van der Waals surface area contributed by atoms with Gasteiger partial charge in [0.25, 0.3) is 0 Å². The van der Waals surface area contributed by atoms with Gasteiger partial charge in [-0.25, -0.2) is 0 Å². The molecule has 2 bridgehead atoms. The zero-order chi connectivity index (χ0) is 11.8. The molecule has 1 saturated carbocycles. The van der Waals surface area contributed by atoms with Crippen molar-refractivity contribution in [1.29, 1.82) is 0 Å². The van der Waals surface area contributed by atoms with Crippen molar-refractivity contribution in [1.82, 2.24) is 0 Å². The molecular weight excluding hydrogens is 457 g/mol. The molecule has 8 heteroatoms. The Labute approximate surface area is 134 Å². The van der Waals surface area contributed by atoms with Gasteiger partial charge in [-0.3, -0.25) is 0 Å². The molecular formula is C7H2Br2Cl6. The SMILES string of the molecule is ClC1=C(Cl)C2(Cl)C(Br)C(Br)C1(Cl)C2(Cl)Cl. The average Bonchev–Trinajstić information content (AvgIpc) is 2.34. The number of hydrogen-bond acceptors (Lipinski definition) is 0. The Kier molecular flexibility index (Phi) is 3.44. The normalized spacial score (nSPS) is 52.8. The van der Waals surface area contributed by atoms with E-state index in [9.17, 15) is 0 Å². The number of rotatable bonds is 0. The van der Waals surface area contributed by atoms with E-state index in [4.69, 9.17) is 69.6 Å². The summed E-state index contributed by atoms with van der Waals surface area (Å²) in [6.45, 7) is 0. The zero-order valence-electron chi connectivity index (χ0n) is 6.68. The molecule has 2 rings (SSSR count). The van der Waals surface area contributed by atoms with Gasteiger partial charge in [0, 0.05) is 0 Å². The van der Waals surface area contributed by atoms with Gasteiger partial charge in [0.2, 0.25) is 0 Å². The predicted molar refractivity (Wildman–Crippen MR) is 75.8 cm³/mol. The molecule has 0 spiro atoms. The van der Waals surface area contributed by atoms with Crippen LogP contribution in [0.5, 0.6) is 0 Å². The van der Waals surface area contributed by atoms with E-state index in [1.54, 1.807) is 0 Å². The molecule has 0 saturated heterocycles. The molecule has 0 heterocycles. The van der Waals surface area contributed by atoms with Crippen molar-refractivity contribution in [2.45, 2.75) is 23.7 Å². The molecule has 0 amide bonds. The second kappa shape index (κ2) is 3.72. The third kappa shape index (κ3) is 1.25. The third-order valence-electron chi connectivity index (χ3n) is 2.76. The summed E-state index contributed by atoms with van der Waals surface area (Å²) in [6.07, 6.45) is 0. The van der Waals surface area contributed by atoms with E-state index in [-0.39, 0.29) is 19.7 Å². The Hall–Kier alpha value is 2.44. The summed E-state index contributed by atoms with van der Waals surface area (Å²) in [5, 5.41) is 0.395. The minimum atomic E-state index is -1.47. The lowest BCUT2D eigenvalue weighted by molar-refractivity contribution is 0.689. The molecule has 0 nitrogen and oxygen atoms in total. The predicted octanol–water partition coefficient (Wildman–Crippen LogP) is 5.36. The maximum Gasteiger partial charge on any atom is 0.168 e. The topological polar surface area (TPSA) is 0 Å². The summed E-state index contributed by atoms with van der Waals surface area (Å²) in [4.78, 5) is -3.06. The van der Waals surface area contributed by atoms with E-state index in [0.717, 1.165) is 0 Å². The first-order chi connectivity index (χ1) is 6.63. The lowest BCUT2D eigenvalue weighted by atomic mass is 10.1. The fourth-order valence-corrected chi connectivity index (χ4v) is 7.63. The van der Waals surface area contributed by atoms with Crippen molar-refractivity contribution in [3.05, 3.63) is 10.1 Å². The van der Waals surface area contributed by atoms with E-state index < -0.39 is 14.1 Å². The first-order valence-corrected chi connectivity index (χ1v) is 7.83. The lowest BCUT2D eigenvalue weighted by Crippen LogP contribution is -2.44. The van der Waals surface area contributed by atoms with Crippen molar-refractivity contribution < 1.29 is 0 Å². The van der Waals surface area contributed by atoms with Crippen molar-refractivity contribution in [2.24, 2.45) is 0 Å². The highest BCUT2D eigenvalue weighted by Gasteiger charge is 2.81. The molecule has 15 heavy (non-hydrogen) atoms. The van der Waals surface area contributed by atoms with Crippen molar-refractivity contribution in [3.8, 4) is 0 Å². The Balaban J connectivity index is 2.76. The largest absolute Gasteiger partial charge is 0.168 e. The molecule has 2 aliphatic rings. The van der Waals surface area contributed by atoms with Crippen LogP contribution in [0.1, 0.15) is 0 Å². The van der Waals surface area contributed by atoms with Crippen molar-refractivity contribution >= 4 is 101 Å². The molecule has 0 radical (unpaired) electrons. The molecule has 2 aliphatic carbocycles. The molecule has 0 aromatic carbocycles. The standard InChI is InChI=1S/C7H2Br2Cl6/c8-1-2(9)6(13)4(11)3(10)5(1,12)7(6,14)15/h1-2H. The fourth-order valence-electron chi connectivity index (χ4n) is 1.85. The van der Waals surface area contributed by atoms with Gasteiger partial charge in [0.1, 0.15) is 9.75 Å². The number of allylic oxidation sites excluding steroid dienone is 2. The first kappa shape index (κ1) is 13.9. The Morgan fingerprint density at radius 1 is 0.800 bits per heavy atom. The molecule has 1 fully saturated rings. The van der Waals surface area contributed by atoms with Crippen molar-refractivity contribution in [3.63, 3.8) is 0 Å². The minimum absolute atomic E-state index is 0.198. The van der Waals surface area contributed by atoms with E-state index in [0.29, 0.717) is 0 Å². The van der Waals surface area contributed by atoms with E-state index in [1.165, 1.54) is 0 Å². The van der Waals surface area contributed by atoms with Crippen LogP contribution in [0.4, 0.5) is 0 Å². The summed E-state index contributed by atoms with van der Waals surface area (Å²) in [5.41, 5.74) is 0. The smallest absolute Gasteiger partial charge is 0.108 e. The van der Waals surface area contributed by atoms with Gasteiger partial charge in [0.05, 0.1) is 19.7 Å². The summed E-state index contributed by atoms with van der Waals surface area (Å²) in [5.74, 6) is 0. The summed E-state index contributed by atoms with van der Waals surface area (Å²) >= 11 is 44.1. The fraction of sp³-hybridized carbons (Fsp3) is 0.714. The van der Waals surface area contributed by atoms with Crippen LogP contribution in [0, 0.1) is 0 Å². The second-order valence-electron chi connectivity index (χ2n) is 3.43. The van der Waals surface area contributed by atoms with Gasteiger partial charge < -0.3 is 0 Å². The van der Waals surface area contributed by atoms with Gasteiger partial charge in [-0.15, -0.1) is 23.2 Å². The van der Waals surface area contributed by atoms with E-state index in [2.05, 4.69) is 31.9 Å². The molecule has 0 aromatic heterocycles. The second-order valence-corrected chi connectivity index (χ2v) is 8.68. The highest BCUT2D eigenvalue weighted by molar-refractivity contribution is 9.12. The highest BCUT2D eigenvalue weighted by Crippen LogP contribution is 2.74. The molecule has 0 N–H and O–H groups in total. The molecule has 0 aromatic rings. The van der Waals surface area contributed by atoms with E-state index in [1.807, 2.05) is 0 Å². The van der Waals surface area contributed by atoms with Gasteiger partial charge >= 0.3 is 0 Å². The van der Waals surface area contributed by atoms with Crippen LogP contribution >= 0.6 is 101 Å². The lowest BCUT2D eigenvalue weighted by Gasteiger charge is -2.31. The van der Waals surface area contributed by atoms with Crippen LogP contribution in [-0.2, 0) is 0 Å². The maximum atomic E-state index is 6.37. The van der Waals surface area contributed by atoms with Gasteiger partial charge in [-0.1, -0.05) is 78.3 Å². The summed E-state index contributed by atoms with van der Waals surface area (Å²) < 4.78 is -1.47. The zero-order valence-corrected chi connectivity index (χ0v) is 14.4. The van der Waals surface area contributed by atoms with Crippen LogP contribution in [0.3, 0.4) is 0 Å². The molecule has 0 aliphatic heterocycles. The number of alkyl halides is 6. The third-order valence-corrected chi connectivity index (χ3v) is 10.7. The molecule has 4 unspecified atom stereocenters. The van der Waals surface area contributed by atoms with Gasteiger partial charge in [-0.2, -0.15) is 0 Å². The Bertz CT molecular complexity index is 336. The number of halogens is 8. The first-order valence-electron chi connectivity index (χ1n) is 3.73. The van der Waals surface area contributed by atoms with Crippen LogP contribution in [0.2, 0.25) is 0 Å².